The van der Waals surface area contributed by atoms with Crippen LogP contribution in [0.25, 0.3) is 0 Å². The SMILES string of the molecule is C[C@H](OC(=O)c1cccnc1)C(=O)Nc1ccc(N2CCOCC2)cc1. The van der Waals surface area contributed by atoms with E-state index in [1.54, 1.807) is 18.3 Å². The van der Waals surface area contributed by atoms with Crippen molar-refractivity contribution in [1.82, 2.24) is 4.98 Å². The molecule has 7 heteroatoms. The third kappa shape index (κ3) is 4.58. The van der Waals surface area contributed by atoms with E-state index in [1.165, 1.54) is 13.1 Å². The van der Waals surface area contributed by atoms with E-state index in [1.807, 2.05) is 24.3 Å². The van der Waals surface area contributed by atoms with Gasteiger partial charge in [-0.1, -0.05) is 0 Å². The van der Waals surface area contributed by atoms with Crippen LogP contribution in [0.5, 0.6) is 0 Å². The van der Waals surface area contributed by atoms with E-state index < -0.39 is 12.1 Å². The Balaban J connectivity index is 1.54. The molecular weight excluding hydrogens is 334 g/mol. The predicted octanol–water partition coefficient (Wildman–Crippen LogP) is 2.10. The molecule has 1 amide bonds. The summed E-state index contributed by atoms with van der Waals surface area (Å²) in [6.07, 6.45) is 2.05. The van der Waals surface area contributed by atoms with Crippen molar-refractivity contribution in [2.24, 2.45) is 0 Å². The first-order valence-corrected chi connectivity index (χ1v) is 8.48. The molecule has 3 rings (SSSR count). The molecule has 2 aromatic rings. The van der Waals surface area contributed by atoms with Crippen molar-refractivity contribution >= 4 is 23.3 Å². The first kappa shape index (κ1) is 17.9. The monoisotopic (exact) mass is 355 g/mol. The Labute approximate surface area is 151 Å². The quantitative estimate of drug-likeness (QED) is 0.828. The molecule has 1 atom stereocenters. The van der Waals surface area contributed by atoms with E-state index in [0.717, 1.165) is 32.0 Å². The van der Waals surface area contributed by atoms with Gasteiger partial charge in [0, 0.05) is 36.9 Å². The number of hydrogen-bond acceptors (Lipinski definition) is 6. The predicted molar refractivity (Wildman–Crippen MR) is 97.2 cm³/mol. The summed E-state index contributed by atoms with van der Waals surface area (Å²) in [5.74, 6) is -0.968. The number of rotatable bonds is 5. The lowest BCUT2D eigenvalue weighted by Gasteiger charge is -2.28. The second kappa shape index (κ2) is 8.44. The van der Waals surface area contributed by atoms with E-state index >= 15 is 0 Å². The number of ether oxygens (including phenoxy) is 2. The molecule has 0 radical (unpaired) electrons. The molecule has 136 valence electrons. The molecule has 7 nitrogen and oxygen atoms in total. The lowest BCUT2D eigenvalue weighted by Crippen LogP contribution is -2.36. The van der Waals surface area contributed by atoms with Crippen LogP contribution in [0.15, 0.2) is 48.8 Å². The fourth-order valence-corrected chi connectivity index (χ4v) is 2.59. The van der Waals surface area contributed by atoms with Crippen molar-refractivity contribution < 1.29 is 19.1 Å². The van der Waals surface area contributed by atoms with Crippen LogP contribution in [0.3, 0.4) is 0 Å². The highest BCUT2D eigenvalue weighted by atomic mass is 16.5. The Hall–Kier alpha value is -2.93. The van der Waals surface area contributed by atoms with Gasteiger partial charge >= 0.3 is 5.97 Å². The van der Waals surface area contributed by atoms with Crippen molar-refractivity contribution in [2.75, 3.05) is 36.5 Å². The normalized spacial score (nSPS) is 15.2. The highest BCUT2D eigenvalue weighted by molar-refractivity contribution is 5.97. The summed E-state index contributed by atoms with van der Waals surface area (Å²) in [6.45, 7) is 4.68. The molecule has 0 unspecified atom stereocenters. The fourth-order valence-electron chi connectivity index (χ4n) is 2.59. The van der Waals surface area contributed by atoms with Gasteiger partial charge < -0.3 is 19.7 Å². The fraction of sp³-hybridized carbons (Fsp3) is 0.316. The van der Waals surface area contributed by atoms with Crippen LogP contribution in [-0.4, -0.2) is 49.3 Å². The van der Waals surface area contributed by atoms with Gasteiger partial charge in [0.1, 0.15) is 0 Å². The van der Waals surface area contributed by atoms with Gasteiger partial charge in [0.25, 0.3) is 5.91 Å². The van der Waals surface area contributed by atoms with Gasteiger partial charge in [-0.25, -0.2) is 4.79 Å². The third-order valence-electron chi connectivity index (χ3n) is 4.06. The Bertz CT molecular complexity index is 743. The molecule has 26 heavy (non-hydrogen) atoms. The number of carbonyl (C=O) groups is 2. The molecule has 1 aromatic heterocycles. The number of benzene rings is 1. The van der Waals surface area contributed by atoms with Crippen LogP contribution < -0.4 is 10.2 Å². The molecule has 0 bridgehead atoms. The summed E-state index contributed by atoms with van der Waals surface area (Å²) >= 11 is 0. The number of aromatic nitrogens is 1. The van der Waals surface area contributed by atoms with Crippen LogP contribution in [0.4, 0.5) is 11.4 Å². The molecule has 1 saturated heterocycles. The van der Waals surface area contributed by atoms with Gasteiger partial charge in [-0.3, -0.25) is 9.78 Å². The standard InChI is InChI=1S/C19H21N3O4/c1-14(26-19(24)15-3-2-8-20-13-15)18(23)21-16-4-6-17(7-5-16)22-9-11-25-12-10-22/h2-8,13-14H,9-12H2,1H3,(H,21,23)/t14-/m0/s1. The van der Waals surface area contributed by atoms with Gasteiger partial charge in [0.2, 0.25) is 0 Å². The molecule has 1 aliphatic rings. The number of nitrogens with one attached hydrogen (secondary N) is 1. The van der Waals surface area contributed by atoms with Gasteiger partial charge in [-0.15, -0.1) is 0 Å². The van der Waals surface area contributed by atoms with E-state index in [-0.39, 0.29) is 5.91 Å². The number of esters is 1. The maximum Gasteiger partial charge on any atom is 0.340 e. The van der Waals surface area contributed by atoms with Crippen molar-refractivity contribution in [1.29, 1.82) is 0 Å². The zero-order valence-electron chi connectivity index (χ0n) is 14.6. The lowest BCUT2D eigenvalue weighted by molar-refractivity contribution is -0.123. The van der Waals surface area contributed by atoms with Crippen LogP contribution in [0.1, 0.15) is 17.3 Å². The lowest BCUT2D eigenvalue weighted by atomic mass is 10.2. The van der Waals surface area contributed by atoms with Crippen LogP contribution >= 0.6 is 0 Å². The smallest absolute Gasteiger partial charge is 0.340 e. The summed E-state index contributed by atoms with van der Waals surface area (Å²) in [4.78, 5) is 30.3. The number of anilines is 2. The molecule has 1 aliphatic heterocycles. The minimum atomic E-state index is -0.915. The van der Waals surface area contributed by atoms with Crippen LogP contribution in [0, 0.1) is 0 Å². The second-order valence-corrected chi connectivity index (χ2v) is 5.92. The Morgan fingerprint density at radius 3 is 2.58 bits per heavy atom. The third-order valence-corrected chi connectivity index (χ3v) is 4.06. The Morgan fingerprint density at radius 1 is 1.19 bits per heavy atom. The van der Waals surface area contributed by atoms with Crippen molar-refractivity contribution in [3.8, 4) is 0 Å². The zero-order chi connectivity index (χ0) is 18.4. The second-order valence-electron chi connectivity index (χ2n) is 5.92. The molecule has 1 fully saturated rings. The summed E-state index contributed by atoms with van der Waals surface area (Å²) in [7, 11) is 0. The minimum absolute atomic E-state index is 0.307. The number of amides is 1. The molecule has 1 N–H and O–H groups in total. The first-order chi connectivity index (χ1) is 12.6. The van der Waals surface area contributed by atoms with Crippen molar-refractivity contribution in [3.05, 3.63) is 54.4 Å². The summed E-state index contributed by atoms with van der Waals surface area (Å²) < 4.78 is 10.5. The van der Waals surface area contributed by atoms with Gasteiger partial charge in [-0.2, -0.15) is 0 Å². The maximum atomic E-state index is 12.2. The molecule has 0 spiro atoms. The minimum Gasteiger partial charge on any atom is -0.449 e. The van der Waals surface area contributed by atoms with E-state index in [2.05, 4.69) is 15.2 Å². The number of nitrogens with zero attached hydrogens (tertiary/aromatic N) is 2. The van der Waals surface area contributed by atoms with Crippen LogP contribution in [-0.2, 0) is 14.3 Å². The van der Waals surface area contributed by atoms with Gasteiger partial charge in [-0.05, 0) is 43.3 Å². The maximum absolute atomic E-state index is 12.2. The largest absolute Gasteiger partial charge is 0.449 e. The van der Waals surface area contributed by atoms with Gasteiger partial charge in [0.05, 0.1) is 18.8 Å². The molecular formula is C19H21N3O4. The zero-order valence-corrected chi connectivity index (χ0v) is 14.6. The Morgan fingerprint density at radius 2 is 1.92 bits per heavy atom. The topological polar surface area (TPSA) is 80.8 Å². The number of pyridine rings is 1. The molecule has 1 aromatic carbocycles. The molecule has 0 aliphatic carbocycles. The summed E-state index contributed by atoms with van der Waals surface area (Å²) in [5, 5.41) is 2.75. The average Bonchev–Trinajstić information content (AvgIpc) is 2.70. The highest BCUT2D eigenvalue weighted by Crippen LogP contribution is 2.19. The number of carbonyl (C=O) groups excluding carboxylic acids is 2. The first-order valence-electron chi connectivity index (χ1n) is 8.48. The summed E-state index contributed by atoms with van der Waals surface area (Å²) in [5.41, 5.74) is 2.04. The molecule has 0 saturated carbocycles. The Kier molecular flexibility index (Phi) is 5.80. The van der Waals surface area contributed by atoms with Crippen molar-refractivity contribution in [2.45, 2.75) is 13.0 Å². The van der Waals surface area contributed by atoms with E-state index in [9.17, 15) is 9.59 Å². The average molecular weight is 355 g/mol. The van der Waals surface area contributed by atoms with Crippen LogP contribution in [0.2, 0.25) is 0 Å². The highest BCUT2D eigenvalue weighted by Gasteiger charge is 2.19. The van der Waals surface area contributed by atoms with E-state index in [0.29, 0.717) is 11.3 Å². The summed E-state index contributed by atoms with van der Waals surface area (Å²) in [6, 6.07) is 10.8. The molecule has 2 heterocycles. The number of hydrogen-bond donors (Lipinski definition) is 1. The van der Waals surface area contributed by atoms with Gasteiger partial charge in [0.15, 0.2) is 6.10 Å². The van der Waals surface area contributed by atoms with E-state index in [4.69, 9.17) is 9.47 Å². The van der Waals surface area contributed by atoms with Crippen molar-refractivity contribution in [3.63, 3.8) is 0 Å². The number of morpholine rings is 1.